The summed E-state index contributed by atoms with van der Waals surface area (Å²) < 4.78 is 1.83. The second-order valence-corrected chi connectivity index (χ2v) is 6.89. The Kier molecular flexibility index (Phi) is 5.34. The molecule has 3 aromatic heterocycles. The molecule has 0 aliphatic carbocycles. The first-order valence-corrected chi connectivity index (χ1v) is 9.06. The molecule has 0 aliphatic heterocycles. The molecule has 0 fully saturated rings. The molecule has 1 amide bonds. The van der Waals surface area contributed by atoms with Gasteiger partial charge in [-0.15, -0.1) is 0 Å². The summed E-state index contributed by atoms with van der Waals surface area (Å²) in [6.07, 6.45) is 4.78. The van der Waals surface area contributed by atoms with Crippen molar-refractivity contribution >= 4 is 16.9 Å². The van der Waals surface area contributed by atoms with Gasteiger partial charge in [-0.1, -0.05) is 13.8 Å². The van der Waals surface area contributed by atoms with Crippen LogP contribution < -0.4 is 10.7 Å². The zero-order valence-electron chi connectivity index (χ0n) is 16.0. The zero-order chi connectivity index (χ0) is 19.6. The van der Waals surface area contributed by atoms with Crippen molar-refractivity contribution in [2.24, 2.45) is 5.92 Å². The second kappa shape index (κ2) is 7.69. The van der Waals surface area contributed by atoms with Gasteiger partial charge in [0.05, 0.1) is 30.4 Å². The molecular formula is C19H24N6O2. The third-order valence-corrected chi connectivity index (χ3v) is 4.59. The number of amides is 1. The van der Waals surface area contributed by atoms with Gasteiger partial charge in [-0.2, -0.15) is 15.0 Å². The molecule has 27 heavy (non-hydrogen) atoms. The lowest BCUT2D eigenvalue weighted by Gasteiger charge is -2.22. The molecule has 0 aliphatic rings. The Morgan fingerprint density at radius 2 is 1.93 bits per heavy atom. The Balaban J connectivity index is 1.96. The molecule has 142 valence electrons. The van der Waals surface area contributed by atoms with E-state index < -0.39 is 5.91 Å². The van der Waals surface area contributed by atoms with E-state index in [4.69, 9.17) is 0 Å². The number of rotatable bonds is 6. The van der Waals surface area contributed by atoms with Gasteiger partial charge in [-0.05, 0) is 31.9 Å². The number of nitrogens with one attached hydrogen (secondary N) is 1. The Labute approximate surface area is 157 Å². The second-order valence-electron chi connectivity index (χ2n) is 6.89. The molecule has 0 bridgehead atoms. The molecular weight excluding hydrogens is 344 g/mol. The molecule has 3 aromatic rings. The number of carbonyl (C=O) groups is 1. The summed E-state index contributed by atoms with van der Waals surface area (Å²) in [5, 5.41) is 11.6. The minimum Gasteiger partial charge on any atom is -0.347 e. The quantitative estimate of drug-likeness (QED) is 0.715. The summed E-state index contributed by atoms with van der Waals surface area (Å²) in [6.45, 7) is 8.89. The highest BCUT2D eigenvalue weighted by Gasteiger charge is 2.22. The summed E-state index contributed by atoms with van der Waals surface area (Å²) in [5.74, 6) is -0.242. The Bertz CT molecular complexity index is 1010. The van der Waals surface area contributed by atoms with Gasteiger partial charge in [-0.3, -0.25) is 9.59 Å². The van der Waals surface area contributed by atoms with Crippen LogP contribution in [0.15, 0.2) is 35.5 Å². The van der Waals surface area contributed by atoms with Gasteiger partial charge in [0.25, 0.3) is 5.91 Å². The van der Waals surface area contributed by atoms with E-state index in [1.54, 1.807) is 30.7 Å². The molecule has 8 heteroatoms. The number of nitrogens with zero attached hydrogens (tertiary/aromatic N) is 5. The molecule has 1 atom stereocenters. The van der Waals surface area contributed by atoms with Crippen LogP contribution >= 0.6 is 0 Å². The topological polar surface area (TPSA) is 94.7 Å². The van der Waals surface area contributed by atoms with Gasteiger partial charge >= 0.3 is 0 Å². The van der Waals surface area contributed by atoms with Crippen LogP contribution in [0, 0.1) is 12.8 Å². The molecule has 3 rings (SSSR count). The van der Waals surface area contributed by atoms with Crippen molar-refractivity contribution in [2.45, 2.75) is 46.8 Å². The van der Waals surface area contributed by atoms with Gasteiger partial charge in [0.15, 0.2) is 0 Å². The van der Waals surface area contributed by atoms with Gasteiger partial charge in [-0.25, -0.2) is 4.98 Å². The third kappa shape index (κ3) is 3.89. The lowest BCUT2D eigenvalue weighted by Crippen LogP contribution is -2.43. The van der Waals surface area contributed by atoms with Gasteiger partial charge in [0.2, 0.25) is 5.43 Å². The molecule has 0 aromatic carbocycles. The van der Waals surface area contributed by atoms with E-state index in [1.807, 2.05) is 32.3 Å². The Morgan fingerprint density at radius 1 is 1.22 bits per heavy atom. The maximum Gasteiger partial charge on any atom is 0.257 e. The van der Waals surface area contributed by atoms with Gasteiger partial charge < -0.3 is 9.88 Å². The van der Waals surface area contributed by atoms with E-state index in [0.29, 0.717) is 24.1 Å². The number of aryl methyl sites for hydroxylation is 2. The van der Waals surface area contributed by atoms with Crippen molar-refractivity contribution in [3.05, 3.63) is 52.2 Å². The first-order chi connectivity index (χ1) is 12.9. The molecule has 1 N–H and O–H groups in total. The number of fused-ring (bicyclic) bond motifs is 1. The minimum atomic E-state index is -0.393. The predicted octanol–water partition coefficient (Wildman–Crippen LogP) is 1.77. The summed E-state index contributed by atoms with van der Waals surface area (Å²) in [6, 6.07) is 3.31. The van der Waals surface area contributed by atoms with Crippen molar-refractivity contribution in [2.75, 3.05) is 0 Å². The van der Waals surface area contributed by atoms with E-state index in [0.717, 1.165) is 5.69 Å². The molecule has 0 saturated carbocycles. The van der Waals surface area contributed by atoms with E-state index in [2.05, 4.69) is 20.5 Å². The van der Waals surface area contributed by atoms with Crippen LogP contribution in [0.4, 0.5) is 0 Å². The fraction of sp³-hybridized carbons (Fsp3) is 0.421. The molecule has 8 nitrogen and oxygen atoms in total. The van der Waals surface area contributed by atoms with Crippen LogP contribution in [0.25, 0.3) is 11.0 Å². The monoisotopic (exact) mass is 368 g/mol. The van der Waals surface area contributed by atoms with Gasteiger partial charge in [0, 0.05) is 18.4 Å². The summed E-state index contributed by atoms with van der Waals surface area (Å²) in [4.78, 5) is 31.8. The van der Waals surface area contributed by atoms with Crippen molar-refractivity contribution in [3.8, 4) is 0 Å². The highest BCUT2D eigenvalue weighted by atomic mass is 16.2. The highest BCUT2D eigenvalue weighted by molar-refractivity contribution is 5.97. The minimum absolute atomic E-state index is 0.120. The van der Waals surface area contributed by atoms with Crippen molar-refractivity contribution in [1.29, 1.82) is 0 Å². The average Bonchev–Trinajstić information content (AvgIpc) is 3.14. The Morgan fingerprint density at radius 3 is 2.56 bits per heavy atom. The maximum atomic E-state index is 12.9. The maximum absolute atomic E-state index is 12.9. The first kappa shape index (κ1) is 18.8. The Hall–Kier alpha value is -3.03. The number of hydrogen-bond acceptors (Lipinski definition) is 5. The third-order valence-electron chi connectivity index (χ3n) is 4.59. The van der Waals surface area contributed by atoms with E-state index >= 15 is 0 Å². The van der Waals surface area contributed by atoms with E-state index in [-0.39, 0.29) is 23.0 Å². The van der Waals surface area contributed by atoms with Crippen LogP contribution in [0.2, 0.25) is 0 Å². The number of hydrogen-bond donors (Lipinski definition) is 1. The molecule has 1 unspecified atom stereocenters. The van der Waals surface area contributed by atoms with Crippen molar-refractivity contribution in [1.82, 2.24) is 29.9 Å². The highest BCUT2D eigenvalue weighted by Crippen LogP contribution is 2.12. The van der Waals surface area contributed by atoms with E-state index in [9.17, 15) is 9.59 Å². The fourth-order valence-electron chi connectivity index (χ4n) is 2.95. The zero-order valence-corrected chi connectivity index (χ0v) is 16.0. The number of carbonyl (C=O) groups excluding carboxylic acids is 1. The van der Waals surface area contributed by atoms with Crippen LogP contribution in [0.1, 0.15) is 36.8 Å². The smallest absolute Gasteiger partial charge is 0.257 e. The molecule has 3 heterocycles. The summed E-state index contributed by atoms with van der Waals surface area (Å²) >= 11 is 0. The molecule has 0 spiro atoms. The SMILES string of the molecule is CCn1cc(C(=O)NC(Cn2nccn2)C(C)C)c(=O)c2ccc(C)nc21. The lowest BCUT2D eigenvalue weighted by molar-refractivity contribution is 0.0916. The standard InChI is InChI=1S/C19H24N6O2/c1-5-24-10-15(17(26)14-7-6-13(4)22-18(14)24)19(27)23-16(12(2)3)11-25-20-8-9-21-25/h6-10,12,16H,5,11H2,1-4H3,(H,23,27). The first-order valence-electron chi connectivity index (χ1n) is 9.06. The fourth-order valence-corrected chi connectivity index (χ4v) is 2.95. The van der Waals surface area contributed by atoms with Crippen LogP contribution in [-0.4, -0.2) is 36.5 Å². The summed E-state index contributed by atoms with van der Waals surface area (Å²) in [5.41, 5.74) is 1.24. The van der Waals surface area contributed by atoms with Crippen molar-refractivity contribution in [3.63, 3.8) is 0 Å². The number of pyridine rings is 2. The average molecular weight is 368 g/mol. The van der Waals surface area contributed by atoms with Gasteiger partial charge in [0.1, 0.15) is 11.2 Å². The molecule has 0 saturated heterocycles. The summed E-state index contributed by atoms with van der Waals surface area (Å²) in [7, 11) is 0. The largest absolute Gasteiger partial charge is 0.347 e. The van der Waals surface area contributed by atoms with Crippen LogP contribution in [0.3, 0.4) is 0 Å². The normalized spacial score (nSPS) is 12.5. The predicted molar refractivity (Wildman–Crippen MR) is 103 cm³/mol. The van der Waals surface area contributed by atoms with Crippen molar-refractivity contribution < 1.29 is 4.79 Å². The number of aromatic nitrogens is 5. The van der Waals surface area contributed by atoms with Crippen LogP contribution in [0.5, 0.6) is 0 Å². The lowest BCUT2D eigenvalue weighted by atomic mass is 10.0. The molecule has 0 radical (unpaired) electrons. The van der Waals surface area contributed by atoms with E-state index in [1.165, 1.54) is 4.80 Å². The van der Waals surface area contributed by atoms with Crippen LogP contribution in [-0.2, 0) is 13.1 Å².